The van der Waals surface area contributed by atoms with Crippen LogP contribution in [0, 0.1) is 52.3 Å². The van der Waals surface area contributed by atoms with E-state index >= 15 is 0 Å². The minimum atomic E-state index is -0.863. The van der Waals surface area contributed by atoms with Gasteiger partial charge in [0.15, 0.2) is 0 Å². The van der Waals surface area contributed by atoms with E-state index in [0.29, 0.717) is 46.5 Å². The van der Waals surface area contributed by atoms with Crippen molar-refractivity contribution in [1.82, 2.24) is 0 Å². The standard InChI is InChI=1S/C33H50O4/c1-5-24-28-19-23(34)15-17-33(28,4)27-16-18-32(3)25(13-14-26(32)29(27)30(24)35)20(2)7-6-8-21-9-11-22(12-10-21)31(36)37/h9-12,20,23-30,34-35H,5-8,13-19H2,1-4H3,(H,36,37)/t20-,23-,24-,25-,26?,27?,28+,29?,30-,32?,33?/m1/s1. The van der Waals surface area contributed by atoms with Crippen LogP contribution >= 0.6 is 0 Å². The molecule has 4 fully saturated rings. The first-order valence-electron chi connectivity index (χ1n) is 15.3. The number of carboxylic acids is 1. The number of hydrogen-bond acceptors (Lipinski definition) is 3. The Balaban J connectivity index is 1.27. The lowest BCUT2D eigenvalue weighted by Gasteiger charge is -2.64. The van der Waals surface area contributed by atoms with Crippen LogP contribution in [-0.4, -0.2) is 33.5 Å². The predicted molar refractivity (Wildman–Crippen MR) is 147 cm³/mol. The molecule has 0 spiro atoms. The number of carboxylic acid groups (broad SMARTS) is 1. The average Bonchev–Trinajstić information content (AvgIpc) is 3.23. The van der Waals surface area contributed by atoms with E-state index in [4.69, 9.17) is 5.11 Å². The summed E-state index contributed by atoms with van der Waals surface area (Å²) in [5.41, 5.74) is 2.17. The molecule has 4 heteroatoms. The Bertz CT molecular complexity index is 958. The average molecular weight is 511 g/mol. The summed E-state index contributed by atoms with van der Waals surface area (Å²) < 4.78 is 0. The van der Waals surface area contributed by atoms with E-state index in [9.17, 15) is 15.0 Å². The number of aromatic carboxylic acids is 1. The van der Waals surface area contributed by atoms with E-state index in [0.717, 1.165) is 44.4 Å². The molecule has 37 heavy (non-hydrogen) atoms. The number of aliphatic hydroxyl groups is 2. The Morgan fingerprint density at radius 2 is 1.65 bits per heavy atom. The van der Waals surface area contributed by atoms with Crippen LogP contribution in [0.15, 0.2) is 24.3 Å². The summed E-state index contributed by atoms with van der Waals surface area (Å²) in [6, 6.07) is 7.38. The van der Waals surface area contributed by atoms with E-state index in [2.05, 4.69) is 27.7 Å². The number of fused-ring (bicyclic) bond motifs is 5. The molecule has 5 unspecified atom stereocenters. The first kappa shape index (κ1) is 27.2. The molecule has 4 aliphatic carbocycles. The second-order valence-electron chi connectivity index (χ2n) is 14.0. The summed E-state index contributed by atoms with van der Waals surface area (Å²) in [7, 11) is 0. The molecule has 206 valence electrons. The monoisotopic (exact) mass is 510 g/mol. The minimum Gasteiger partial charge on any atom is -0.478 e. The molecular weight excluding hydrogens is 460 g/mol. The number of aliphatic hydroxyl groups excluding tert-OH is 2. The lowest BCUT2D eigenvalue weighted by molar-refractivity contribution is -0.203. The molecule has 4 nitrogen and oxygen atoms in total. The summed E-state index contributed by atoms with van der Waals surface area (Å²) in [5, 5.41) is 31.5. The van der Waals surface area contributed by atoms with Gasteiger partial charge < -0.3 is 15.3 Å². The summed E-state index contributed by atoms with van der Waals surface area (Å²) >= 11 is 0. The van der Waals surface area contributed by atoms with Crippen LogP contribution in [0.25, 0.3) is 0 Å². The van der Waals surface area contributed by atoms with Gasteiger partial charge in [-0.25, -0.2) is 4.79 Å². The highest BCUT2D eigenvalue weighted by molar-refractivity contribution is 5.87. The van der Waals surface area contributed by atoms with Crippen molar-refractivity contribution >= 4 is 5.97 Å². The van der Waals surface area contributed by atoms with E-state index in [1.807, 2.05) is 12.1 Å². The van der Waals surface area contributed by atoms with Crippen molar-refractivity contribution in [3.8, 4) is 0 Å². The van der Waals surface area contributed by atoms with Crippen LogP contribution in [0.3, 0.4) is 0 Å². The number of aryl methyl sites for hydroxylation is 1. The molecule has 1 aromatic rings. The largest absolute Gasteiger partial charge is 0.478 e. The third kappa shape index (κ3) is 4.58. The second-order valence-corrected chi connectivity index (χ2v) is 14.0. The zero-order valence-corrected chi connectivity index (χ0v) is 23.5. The van der Waals surface area contributed by atoms with E-state index in [-0.39, 0.29) is 17.6 Å². The van der Waals surface area contributed by atoms with Crippen molar-refractivity contribution in [2.24, 2.45) is 52.3 Å². The zero-order valence-electron chi connectivity index (χ0n) is 23.5. The molecule has 0 aliphatic heterocycles. The molecule has 4 aliphatic rings. The van der Waals surface area contributed by atoms with Gasteiger partial charge in [0.1, 0.15) is 0 Å². The van der Waals surface area contributed by atoms with Gasteiger partial charge in [-0.2, -0.15) is 0 Å². The van der Waals surface area contributed by atoms with Gasteiger partial charge >= 0.3 is 5.97 Å². The molecule has 0 heterocycles. The second kappa shape index (κ2) is 10.3. The first-order valence-corrected chi connectivity index (χ1v) is 15.3. The van der Waals surface area contributed by atoms with Gasteiger partial charge in [0.2, 0.25) is 0 Å². The summed E-state index contributed by atoms with van der Waals surface area (Å²) in [5.74, 6) is 2.96. The maximum Gasteiger partial charge on any atom is 0.335 e. The predicted octanol–water partition coefficient (Wildman–Crippen LogP) is 6.97. The van der Waals surface area contributed by atoms with Gasteiger partial charge in [-0.3, -0.25) is 0 Å². The smallest absolute Gasteiger partial charge is 0.335 e. The number of carbonyl (C=O) groups is 1. The van der Waals surface area contributed by atoms with Crippen molar-refractivity contribution in [3.05, 3.63) is 35.4 Å². The lowest BCUT2D eigenvalue weighted by atomic mass is 9.41. The van der Waals surface area contributed by atoms with Gasteiger partial charge in [-0.1, -0.05) is 52.7 Å². The molecule has 0 bridgehead atoms. The molecule has 11 atom stereocenters. The van der Waals surface area contributed by atoms with Crippen molar-refractivity contribution in [3.63, 3.8) is 0 Å². The maximum atomic E-state index is 11.9. The fourth-order valence-electron chi connectivity index (χ4n) is 10.6. The molecule has 0 amide bonds. The van der Waals surface area contributed by atoms with Gasteiger partial charge in [-0.05, 0) is 128 Å². The number of benzene rings is 1. The molecule has 0 saturated heterocycles. The van der Waals surface area contributed by atoms with Crippen LogP contribution in [0.5, 0.6) is 0 Å². The van der Waals surface area contributed by atoms with Crippen LogP contribution in [0.4, 0.5) is 0 Å². The normalized spacial score (nSPS) is 43.9. The van der Waals surface area contributed by atoms with E-state index in [1.54, 1.807) is 12.1 Å². The number of rotatable bonds is 7. The summed E-state index contributed by atoms with van der Waals surface area (Å²) in [6.45, 7) is 9.81. The topological polar surface area (TPSA) is 77.8 Å². The van der Waals surface area contributed by atoms with Crippen LogP contribution < -0.4 is 0 Å². The Labute approximate surface area is 224 Å². The van der Waals surface area contributed by atoms with Gasteiger partial charge in [0.05, 0.1) is 17.8 Å². The Hall–Kier alpha value is -1.39. The lowest BCUT2D eigenvalue weighted by Crippen LogP contribution is -2.62. The van der Waals surface area contributed by atoms with Crippen molar-refractivity contribution in [2.75, 3.05) is 0 Å². The minimum absolute atomic E-state index is 0.184. The molecule has 3 N–H and O–H groups in total. The van der Waals surface area contributed by atoms with Crippen molar-refractivity contribution < 1.29 is 20.1 Å². The van der Waals surface area contributed by atoms with Gasteiger partial charge in [0.25, 0.3) is 0 Å². The maximum absolute atomic E-state index is 11.9. The third-order valence-corrected chi connectivity index (χ3v) is 12.5. The number of hydrogen-bond donors (Lipinski definition) is 3. The molecule has 5 rings (SSSR count). The molecular formula is C33H50O4. The van der Waals surface area contributed by atoms with Crippen LogP contribution in [0.1, 0.15) is 108 Å². The van der Waals surface area contributed by atoms with E-state index < -0.39 is 5.97 Å². The fraction of sp³-hybridized carbons (Fsp3) is 0.788. The SMILES string of the molecule is CC[C@H]1[C@@H](O)C2C3CC[C@H]([C@H](C)CCCc4ccc(C(=O)O)cc4)C3(C)CCC2C2(C)CC[C@@H](O)C[C@@H]12. The Kier molecular flexibility index (Phi) is 7.57. The molecule has 4 saturated carbocycles. The molecule has 1 aromatic carbocycles. The van der Waals surface area contributed by atoms with Crippen molar-refractivity contribution in [1.29, 1.82) is 0 Å². The Morgan fingerprint density at radius 1 is 0.973 bits per heavy atom. The third-order valence-electron chi connectivity index (χ3n) is 12.5. The summed E-state index contributed by atoms with van der Waals surface area (Å²) in [4.78, 5) is 11.1. The summed E-state index contributed by atoms with van der Waals surface area (Å²) in [6.07, 6.45) is 12.0. The highest BCUT2D eigenvalue weighted by Crippen LogP contribution is 2.69. The first-order chi connectivity index (χ1) is 17.6. The Morgan fingerprint density at radius 3 is 2.32 bits per heavy atom. The van der Waals surface area contributed by atoms with E-state index in [1.165, 1.54) is 37.7 Å². The van der Waals surface area contributed by atoms with Crippen LogP contribution in [-0.2, 0) is 6.42 Å². The zero-order chi connectivity index (χ0) is 26.5. The van der Waals surface area contributed by atoms with Crippen molar-refractivity contribution in [2.45, 2.75) is 111 Å². The highest BCUT2D eigenvalue weighted by Gasteiger charge is 2.64. The van der Waals surface area contributed by atoms with Gasteiger partial charge in [0, 0.05) is 0 Å². The molecule has 0 aromatic heterocycles. The van der Waals surface area contributed by atoms with Crippen LogP contribution in [0.2, 0.25) is 0 Å². The molecule has 0 radical (unpaired) electrons. The fourth-order valence-corrected chi connectivity index (χ4v) is 10.6. The highest BCUT2D eigenvalue weighted by atomic mass is 16.4. The quantitative estimate of drug-likeness (QED) is 0.370. The van der Waals surface area contributed by atoms with Gasteiger partial charge in [-0.15, -0.1) is 0 Å².